The van der Waals surface area contributed by atoms with Gasteiger partial charge in [0.15, 0.2) is 6.04 Å². The number of carbonyl (C=O) groups excluding carboxylic acids is 3. The molecule has 0 heterocycles. The van der Waals surface area contributed by atoms with E-state index in [-0.39, 0.29) is 38.4 Å². The first-order chi connectivity index (χ1) is 24.9. The second-order valence-corrected chi connectivity index (χ2v) is 13.4. The van der Waals surface area contributed by atoms with Crippen LogP contribution in [0.5, 0.6) is 0 Å². The fraction of sp³-hybridized carbons (Fsp3) is 0.721. The molecule has 0 bridgehead atoms. The molecule has 0 saturated heterocycles. The van der Waals surface area contributed by atoms with E-state index in [1.165, 1.54) is 64.2 Å². The van der Waals surface area contributed by atoms with E-state index in [0.717, 1.165) is 77.0 Å². The molecule has 0 spiro atoms. The average molecular weight is 716 g/mol. The quantitative estimate of drug-likeness (QED) is 0.0376. The Balaban J connectivity index is 4.23. The highest BCUT2D eigenvalue weighted by Crippen LogP contribution is 2.11. The van der Waals surface area contributed by atoms with Crippen molar-refractivity contribution in [3.05, 3.63) is 48.6 Å². The van der Waals surface area contributed by atoms with Crippen molar-refractivity contribution in [1.29, 1.82) is 0 Å². The lowest BCUT2D eigenvalue weighted by Crippen LogP contribution is -2.45. The maximum atomic E-state index is 12.8. The molecule has 1 amide bonds. The lowest BCUT2D eigenvalue weighted by molar-refractivity contribution is -0.155. The number of unbranched alkanes of at least 4 members (excludes halogenated alkanes) is 17. The smallest absolute Gasteiger partial charge is 0.332 e. The lowest BCUT2D eigenvalue weighted by atomic mass is 10.1. The first-order valence-electron chi connectivity index (χ1n) is 20.3. The Morgan fingerprint density at radius 3 is 1.47 bits per heavy atom. The predicted molar refractivity (Wildman–Crippen MR) is 209 cm³/mol. The minimum absolute atomic E-state index is 0.234. The molecular weight excluding hydrogens is 642 g/mol. The summed E-state index contributed by atoms with van der Waals surface area (Å²) in [6, 6.07) is -1.12. The molecule has 1 atom stereocenters. The monoisotopic (exact) mass is 716 g/mol. The number of esters is 2. The summed E-state index contributed by atoms with van der Waals surface area (Å²) in [5.41, 5.74) is 0. The fourth-order valence-electron chi connectivity index (χ4n) is 5.35. The van der Waals surface area contributed by atoms with E-state index in [1.54, 1.807) is 0 Å². The topological polar surface area (TPSA) is 119 Å². The molecule has 51 heavy (non-hydrogen) atoms. The van der Waals surface area contributed by atoms with Crippen LogP contribution < -0.4 is 5.32 Å². The maximum Gasteiger partial charge on any atom is 0.332 e. The number of hydrogen-bond donors (Lipinski definition) is 2. The summed E-state index contributed by atoms with van der Waals surface area (Å²) in [5, 5.41) is 11.5. The van der Waals surface area contributed by atoms with Gasteiger partial charge in [0.05, 0.1) is 19.4 Å². The van der Waals surface area contributed by atoms with Crippen molar-refractivity contribution in [2.75, 3.05) is 13.2 Å². The van der Waals surface area contributed by atoms with Crippen LogP contribution in [0, 0.1) is 0 Å². The van der Waals surface area contributed by atoms with Crippen LogP contribution in [0.25, 0.3) is 0 Å². The molecule has 0 aromatic rings. The summed E-state index contributed by atoms with van der Waals surface area (Å²) in [7, 11) is 0. The van der Waals surface area contributed by atoms with E-state index in [1.807, 2.05) is 0 Å². The summed E-state index contributed by atoms with van der Waals surface area (Å²) < 4.78 is 10.5. The number of ether oxygens (including phenoxy) is 2. The number of amides is 1. The number of carboxylic acids is 1. The van der Waals surface area contributed by atoms with Gasteiger partial charge in [-0.3, -0.25) is 14.4 Å². The second-order valence-electron chi connectivity index (χ2n) is 13.4. The van der Waals surface area contributed by atoms with Gasteiger partial charge in [-0.25, -0.2) is 4.79 Å². The summed E-state index contributed by atoms with van der Waals surface area (Å²) in [5.74, 6) is -2.78. The molecule has 0 aliphatic rings. The van der Waals surface area contributed by atoms with Crippen LogP contribution in [0.3, 0.4) is 0 Å². The number of carboxylic acid groups (broad SMARTS) is 1. The SMILES string of the molecule is CCCCC/C=C\C/C=C\CCCCCCCCOC(=O)[C@H](COC(=O)CCC(=O)O)NC(=O)CCCCCCC/C=C\C/C=C\CCCCC. The number of hydrogen-bond acceptors (Lipinski definition) is 6. The van der Waals surface area contributed by atoms with E-state index in [9.17, 15) is 19.2 Å². The molecule has 0 unspecified atom stereocenters. The zero-order valence-electron chi connectivity index (χ0n) is 32.4. The Hall–Kier alpha value is -3.16. The largest absolute Gasteiger partial charge is 0.481 e. The molecule has 8 nitrogen and oxygen atoms in total. The van der Waals surface area contributed by atoms with Crippen LogP contribution in [-0.4, -0.2) is 48.2 Å². The number of rotatable bonds is 36. The highest BCUT2D eigenvalue weighted by molar-refractivity contribution is 5.85. The van der Waals surface area contributed by atoms with Crippen LogP contribution in [0.2, 0.25) is 0 Å². The molecule has 0 aromatic carbocycles. The van der Waals surface area contributed by atoms with Gasteiger partial charge in [-0.15, -0.1) is 0 Å². The van der Waals surface area contributed by atoms with Gasteiger partial charge < -0.3 is 19.9 Å². The van der Waals surface area contributed by atoms with Crippen molar-refractivity contribution in [2.24, 2.45) is 0 Å². The second kappa shape index (κ2) is 38.1. The first kappa shape index (κ1) is 47.8. The van der Waals surface area contributed by atoms with Crippen LogP contribution in [0.4, 0.5) is 0 Å². The Kier molecular flexibility index (Phi) is 35.7. The molecule has 0 aliphatic carbocycles. The van der Waals surface area contributed by atoms with E-state index < -0.39 is 23.9 Å². The van der Waals surface area contributed by atoms with Crippen LogP contribution >= 0.6 is 0 Å². The van der Waals surface area contributed by atoms with Crippen molar-refractivity contribution >= 4 is 23.8 Å². The Labute approximate surface area is 311 Å². The van der Waals surface area contributed by atoms with Crippen molar-refractivity contribution in [1.82, 2.24) is 5.32 Å². The van der Waals surface area contributed by atoms with Crippen molar-refractivity contribution in [3.63, 3.8) is 0 Å². The molecule has 2 N–H and O–H groups in total. The van der Waals surface area contributed by atoms with Gasteiger partial charge in [0, 0.05) is 6.42 Å². The standard InChI is InChI=1S/C43H73NO7/c1-3-5-7-9-11-13-15-17-19-21-23-25-27-29-31-33-37-50-43(49)39(38-51-42(48)36-35-41(46)47)44-40(45)34-32-30-28-26-24-22-20-18-16-14-12-10-8-6-4-2/h11-14,17-20,39H,3-10,15-16,21-38H2,1-2H3,(H,44,45)(H,46,47)/b13-11-,14-12-,19-17-,20-18-/t39-/m0/s1. The van der Waals surface area contributed by atoms with Gasteiger partial charge in [0.25, 0.3) is 0 Å². The normalized spacial score (nSPS) is 12.4. The number of carbonyl (C=O) groups is 4. The van der Waals surface area contributed by atoms with Crippen molar-refractivity contribution in [3.8, 4) is 0 Å². The highest BCUT2D eigenvalue weighted by atomic mass is 16.6. The number of allylic oxidation sites excluding steroid dienone is 8. The number of nitrogens with one attached hydrogen (secondary N) is 1. The van der Waals surface area contributed by atoms with Gasteiger partial charge >= 0.3 is 17.9 Å². The Bertz CT molecular complexity index is 985. The van der Waals surface area contributed by atoms with Crippen molar-refractivity contribution < 1.29 is 33.8 Å². The molecule has 8 heteroatoms. The number of aliphatic carboxylic acids is 1. The van der Waals surface area contributed by atoms with Gasteiger partial charge in [0.2, 0.25) is 5.91 Å². The van der Waals surface area contributed by atoms with E-state index in [0.29, 0.717) is 6.42 Å². The van der Waals surface area contributed by atoms with Gasteiger partial charge in [-0.1, -0.05) is 133 Å². The zero-order chi connectivity index (χ0) is 37.5. The summed E-state index contributed by atoms with van der Waals surface area (Å²) in [4.78, 5) is 48.1. The molecule has 0 aromatic heterocycles. The average Bonchev–Trinajstić information content (AvgIpc) is 3.11. The molecule has 0 radical (unpaired) electrons. The predicted octanol–water partition coefficient (Wildman–Crippen LogP) is 11.0. The highest BCUT2D eigenvalue weighted by Gasteiger charge is 2.24. The first-order valence-corrected chi connectivity index (χ1v) is 20.3. The van der Waals surface area contributed by atoms with E-state index in [2.05, 4.69) is 67.8 Å². The van der Waals surface area contributed by atoms with Crippen LogP contribution in [-0.2, 0) is 28.7 Å². The molecule has 0 rings (SSSR count). The molecular formula is C43H73NO7. The third-order valence-electron chi connectivity index (χ3n) is 8.52. The maximum absolute atomic E-state index is 12.8. The third-order valence-corrected chi connectivity index (χ3v) is 8.52. The Morgan fingerprint density at radius 1 is 0.529 bits per heavy atom. The lowest BCUT2D eigenvalue weighted by Gasteiger charge is -2.18. The van der Waals surface area contributed by atoms with Crippen LogP contribution in [0.15, 0.2) is 48.6 Å². The third kappa shape index (κ3) is 36.4. The molecule has 0 saturated carbocycles. The van der Waals surface area contributed by atoms with E-state index in [4.69, 9.17) is 14.6 Å². The fourth-order valence-corrected chi connectivity index (χ4v) is 5.35. The van der Waals surface area contributed by atoms with Gasteiger partial charge in [-0.2, -0.15) is 0 Å². The summed E-state index contributed by atoms with van der Waals surface area (Å²) in [6.45, 7) is 4.30. The van der Waals surface area contributed by atoms with Gasteiger partial charge in [-0.05, 0) is 77.0 Å². The zero-order valence-corrected chi connectivity index (χ0v) is 32.4. The van der Waals surface area contributed by atoms with Crippen molar-refractivity contribution in [2.45, 2.75) is 187 Å². The molecule has 0 fully saturated rings. The summed E-state index contributed by atoms with van der Waals surface area (Å²) in [6.07, 6.45) is 43.0. The summed E-state index contributed by atoms with van der Waals surface area (Å²) >= 11 is 0. The minimum Gasteiger partial charge on any atom is -0.481 e. The molecule has 292 valence electrons. The van der Waals surface area contributed by atoms with E-state index >= 15 is 0 Å². The van der Waals surface area contributed by atoms with Gasteiger partial charge in [0.1, 0.15) is 6.61 Å². The Morgan fingerprint density at radius 2 is 0.980 bits per heavy atom. The molecule has 0 aliphatic heterocycles. The van der Waals surface area contributed by atoms with Crippen LogP contribution in [0.1, 0.15) is 181 Å². The minimum atomic E-state index is -1.12.